The number of ether oxygens (including phenoxy) is 2. The summed E-state index contributed by atoms with van der Waals surface area (Å²) in [6.07, 6.45) is 5.70. The van der Waals surface area contributed by atoms with E-state index in [0.29, 0.717) is 24.3 Å². The van der Waals surface area contributed by atoms with Gasteiger partial charge in [-0.3, -0.25) is 4.79 Å². The summed E-state index contributed by atoms with van der Waals surface area (Å²) in [6, 6.07) is 7.20. The number of alkyl halides is 1. The zero-order valence-corrected chi connectivity index (χ0v) is 14.2. The standard InChI is InChI=1S/C17H20BrNO3/c1-19-11-3-4-12(19)8-14(7-11)21-13-5-2-10-6-15(18)17(20)22-16(10)9-13/h2,5,9,11-12,14-15H,3-4,6-8H2,1H3. The van der Waals surface area contributed by atoms with E-state index in [-0.39, 0.29) is 16.9 Å². The lowest BCUT2D eigenvalue weighted by molar-refractivity contribution is -0.134. The van der Waals surface area contributed by atoms with E-state index in [1.165, 1.54) is 12.8 Å². The molecule has 3 atom stereocenters. The van der Waals surface area contributed by atoms with Crippen LogP contribution in [0.4, 0.5) is 0 Å². The number of fused-ring (bicyclic) bond motifs is 3. The third kappa shape index (κ3) is 2.54. The van der Waals surface area contributed by atoms with E-state index in [0.717, 1.165) is 24.2 Å². The van der Waals surface area contributed by atoms with Crippen molar-refractivity contribution in [2.75, 3.05) is 7.05 Å². The molecule has 0 saturated carbocycles. The largest absolute Gasteiger partial charge is 0.490 e. The van der Waals surface area contributed by atoms with Gasteiger partial charge in [0.25, 0.3) is 0 Å². The molecule has 0 aromatic heterocycles. The average Bonchev–Trinajstić information content (AvgIpc) is 2.71. The van der Waals surface area contributed by atoms with E-state index in [1.807, 2.05) is 18.2 Å². The van der Waals surface area contributed by atoms with Crippen LogP contribution < -0.4 is 9.47 Å². The van der Waals surface area contributed by atoms with Crippen molar-refractivity contribution in [2.45, 2.75) is 55.1 Å². The molecule has 4 rings (SSSR count). The molecule has 0 N–H and O–H groups in total. The molecule has 5 heteroatoms. The van der Waals surface area contributed by atoms with Crippen LogP contribution >= 0.6 is 15.9 Å². The van der Waals surface area contributed by atoms with Crippen LogP contribution in [0.5, 0.6) is 11.5 Å². The van der Waals surface area contributed by atoms with Crippen LogP contribution in [0.1, 0.15) is 31.2 Å². The second-order valence-electron chi connectivity index (χ2n) is 6.62. The summed E-state index contributed by atoms with van der Waals surface area (Å²) < 4.78 is 11.6. The predicted molar refractivity (Wildman–Crippen MR) is 86.7 cm³/mol. The van der Waals surface area contributed by atoms with Crippen LogP contribution in [-0.4, -0.2) is 40.9 Å². The fourth-order valence-corrected chi connectivity index (χ4v) is 4.41. The molecule has 3 aliphatic heterocycles. The number of nitrogens with zero attached hydrogens (tertiary/aromatic N) is 1. The van der Waals surface area contributed by atoms with Crippen molar-refractivity contribution in [2.24, 2.45) is 0 Å². The fourth-order valence-electron chi connectivity index (χ4n) is 3.97. The van der Waals surface area contributed by atoms with E-state index in [9.17, 15) is 4.79 Å². The maximum atomic E-state index is 11.7. The van der Waals surface area contributed by atoms with Crippen LogP contribution in [0.3, 0.4) is 0 Å². The first-order chi connectivity index (χ1) is 10.6. The molecule has 3 aliphatic rings. The summed E-state index contributed by atoms with van der Waals surface area (Å²) in [5.74, 6) is 1.24. The van der Waals surface area contributed by atoms with Crippen molar-refractivity contribution in [1.29, 1.82) is 0 Å². The molecule has 2 fully saturated rings. The summed E-state index contributed by atoms with van der Waals surface area (Å²) in [5, 5.41) is 0. The van der Waals surface area contributed by atoms with Crippen LogP contribution in [-0.2, 0) is 11.2 Å². The quantitative estimate of drug-likeness (QED) is 0.458. The first-order valence-electron chi connectivity index (χ1n) is 7.97. The number of rotatable bonds is 2. The Labute approximate surface area is 138 Å². The van der Waals surface area contributed by atoms with Gasteiger partial charge in [0.2, 0.25) is 0 Å². The smallest absolute Gasteiger partial charge is 0.325 e. The summed E-state index contributed by atoms with van der Waals surface area (Å²) >= 11 is 3.34. The first kappa shape index (κ1) is 14.5. The van der Waals surface area contributed by atoms with Crippen LogP contribution in [0.2, 0.25) is 0 Å². The van der Waals surface area contributed by atoms with E-state index in [1.54, 1.807) is 0 Å². The fraction of sp³-hybridized carbons (Fsp3) is 0.588. The van der Waals surface area contributed by atoms with Gasteiger partial charge in [0.15, 0.2) is 0 Å². The van der Waals surface area contributed by atoms with Crippen LogP contribution in [0.15, 0.2) is 18.2 Å². The molecular weight excluding hydrogens is 346 g/mol. The second kappa shape index (κ2) is 5.53. The van der Waals surface area contributed by atoms with Crippen molar-refractivity contribution < 1.29 is 14.3 Å². The number of piperidine rings is 1. The van der Waals surface area contributed by atoms with Crippen molar-refractivity contribution in [3.63, 3.8) is 0 Å². The Kier molecular flexibility index (Phi) is 3.65. The highest BCUT2D eigenvalue weighted by Crippen LogP contribution is 2.37. The Morgan fingerprint density at radius 2 is 2.00 bits per heavy atom. The van der Waals surface area contributed by atoms with Crippen LogP contribution in [0.25, 0.3) is 0 Å². The number of halogens is 1. The molecule has 22 heavy (non-hydrogen) atoms. The van der Waals surface area contributed by atoms with Gasteiger partial charge in [-0.2, -0.15) is 0 Å². The molecule has 2 bridgehead atoms. The molecule has 3 unspecified atom stereocenters. The Hall–Kier alpha value is -1.07. The molecule has 4 nitrogen and oxygen atoms in total. The summed E-state index contributed by atoms with van der Waals surface area (Å²) in [4.78, 5) is 13.9. The third-order valence-corrected chi connectivity index (χ3v) is 5.96. The lowest BCUT2D eigenvalue weighted by Gasteiger charge is -2.36. The predicted octanol–water partition coefficient (Wildman–Crippen LogP) is 2.92. The Bertz CT molecular complexity index is 592. The van der Waals surface area contributed by atoms with Gasteiger partial charge >= 0.3 is 5.97 Å². The van der Waals surface area contributed by atoms with E-state index in [4.69, 9.17) is 9.47 Å². The van der Waals surface area contributed by atoms with Crippen molar-refractivity contribution in [3.8, 4) is 11.5 Å². The zero-order chi connectivity index (χ0) is 15.3. The Morgan fingerprint density at radius 1 is 1.27 bits per heavy atom. The van der Waals surface area contributed by atoms with Crippen LogP contribution in [0, 0.1) is 0 Å². The molecule has 3 heterocycles. The number of carbonyl (C=O) groups is 1. The Balaban J connectivity index is 1.48. The minimum Gasteiger partial charge on any atom is -0.490 e. The molecule has 0 amide bonds. The number of hydrogen-bond acceptors (Lipinski definition) is 4. The van der Waals surface area contributed by atoms with Gasteiger partial charge in [-0.05, 0) is 50.8 Å². The van der Waals surface area contributed by atoms with E-state index in [2.05, 4.69) is 27.9 Å². The average molecular weight is 366 g/mol. The minimum atomic E-state index is -0.240. The maximum absolute atomic E-state index is 11.7. The van der Waals surface area contributed by atoms with Gasteiger partial charge in [0.1, 0.15) is 22.4 Å². The summed E-state index contributed by atoms with van der Waals surface area (Å²) in [6.45, 7) is 0. The molecule has 0 spiro atoms. The molecule has 2 saturated heterocycles. The second-order valence-corrected chi connectivity index (χ2v) is 7.73. The Morgan fingerprint density at radius 3 is 2.73 bits per heavy atom. The van der Waals surface area contributed by atoms with E-state index < -0.39 is 0 Å². The summed E-state index contributed by atoms with van der Waals surface area (Å²) in [7, 11) is 2.23. The number of benzene rings is 1. The lowest BCUT2D eigenvalue weighted by atomic mass is 10.0. The van der Waals surface area contributed by atoms with Gasteiger partial charge in [-0.25, -0.2) is 0 Å². The molecular formula is C17H20BrNO3. The molecule has 1 aromatic carbocycles. The third-order valence-electron chi connectivity index (χ3n) is 5.26. The lowest BCUT2D eigenvalue weighted by Crippen LogP contribution is -2.43. The number of carbonyl (C=O) groups excluding carboxylic acids is 1. The van der Waals surface area contributed by atoms with Crippen molar-refractivity contribution in [3.05, 3.63) is 23.8 Å². The zero-order valence-electron chi connectivity index (χ0n) is 12.6. The maximum Gasteiger partial charge on any atom is 0.325 e. The topological polar surface area (TPSA) is 38.8 Å². The minimum absolute atomic E-state index is 0.220. The SMILES string of the molecule is CN1C2CCC1CC(Oc1ccc3c(c1)OC(=O)C(Br)C3)C2. The van der Waals surface area contributed by atoms with Crippen molar-refractivity contribution in [1.82, 2.24) is 4.90 Å². The number of hydrogen-bond donors (Lipinski definition) is 0. The molecule has 1 aromatic rings. The van der Waals surface area contributed by atoms with Gasteiger partial charge < -0.3 is 14.4 Å². The number of esters is 1. The van der Waals surface area contributed by atoms with Gasteiger partial charge in [-0.1, -0.05) is 22.0 Å². The highest BCUT2D eigenvalue weighted by atomic mass is 79.9. The van der Waals surface area contributed by atoms with Gasteiger partial charge in [0, 0.05) is 18.2 Å². The molecule has 118 valence electrons. The monoisotopic (exact) mass is 365 g/mol. The summed E-state index contributed by atoms with van der Waals surface area (Å²) in [5.41, 5.74) is 1.05. The first-order valence-corrected chi connectivity index (χ1v) is 8.89. The molecule has 0 aliphatic carbocycles. The van der Waals surface area contributed by atoms with E-state index >= 15 is 0 Å². The van der Waals surface area contributed by atoms with Crippen molar-refractivity contribution >= 4 is 21.9 Å². The highest BCUT2D eigenvalue weighted by molar-refractivity contribution is 9.10. The normalized spacial score (nSPS) is 34.2. The van der Waals surface area contributed by atoms with Gasteiger partial charge in [0.05, 0.1) is 0 Å². The highest BCUT2D eigenvalue weighted by Gasteiger charge is 2.39. The van der Waals surface area contributed by atoms with Gasteiger partial charge in [-0.15, -0.1) is 0 Å². The molecule has 0 radical (unpaired) electrons.